The first kappa shape index (κ1) is 17.8. The number of aromatic nitrogens is 2. The van der Waals surface area contributed by atoms with E-state index in [9.17, 15) is 4.79 Å². The van der Waals surface area contributed by atoms with Crippen LogP contribution in [-0.4, -0.2) is 22.1 Å². The van der Waals surface area contributed by atoms with Crippen molar-refractivity contribution in [2.45, 2.75) is 0 Å². The first-order valence-corrected chi connectivity index (χ1v) is 9.00. The molecule has 1 heterocycles. The summed E-state index contributed by atoms with van der Waals surface area (Å²) >= 11 is 6.10. The lowest BCUT2D eigenvalue weighted by Gasteiger charge is -2.09. The fourth-order valence-electron chi connectivity index (χ4n) is 2.75. The number of benzene rings is 3. The molecule has 0 saturated carbocycles. The van der Waals surface area contributed by atoms with E-state index in [1.807, 2.05) is 72.8 Å². The van der Waals surface area contributed by atoms with Crippen molar-refractivity contribution in [3.05, 3.63) is 95.1 Å². The maximum absolute atomic E-state index is 12.8. The standard InChI is InChI=1S/C22H15ClN4O/c23-17-11-5-4-10-16(17)14-24-27-22(28)21-20(15-8-2-1-3-9-15)25-18-12-6-7-13-19(18)26-21/h1-14H,(H,27,28)/b24-14+. The molecule has 0 atom stereocenters. The largest absolute Gasteiger partial charge is 0.292 e. The summed E-state index contributed by atoms with van der Waals surface area (Å²) in [6, 6.07) is 24.1. The number of nitrogens with zero attached hydrogens (tertiary/aromatic N) is 3. The van der Waals surface area contributed by atoms with E-state index in [0.717, 1.165) is 11.1 Å². The molecule has 28 heavy (non-hydrogen) atoms. The molecule has 3 aromatic carbocycles. The molecular formula is C22H15ClN4O. The molecule has 136 valence electrons. The molecular weight excluding hydrogens is 372 g/mol. The normalized spacial score (nSPS) is 11.0. The highest BCUT2D eigenvalue weighted by atomic mass is 35.5. The zero-order valence-electron chi connectivity index (χ0n) is 14.7. The summed E-state index contributed by atoms with van der Waals surface area (Å²) in [7, 11) is 0. The van der Waals surface area contributed by atoms with Gasteiger partial charge in [0.25, 0.3) is 5.91 Å². The van der Waals surface area contributed by atoms with Crippen LogP contribution in [0.1, 0.15) is 16.1 Å². The number of rotatable bonds is 4. The van der Waals surface area contributed by atoms with Crippen LogP contribution in [0, 0.1) is 0 Å². The molecule has 0 radical (unpaired) electrons. The molecule has 0 bridgehead atoms. The number of nitrogens with one attached hydrogen (secondary N) is 1. The van der Waals surface area contributed by atoms with Crippen LogP contribution in [0.15, 0.2) is 84.0 Å². The van der Waals surface area contributed by atoms with Crippen molar-refractivity contribution in [2.75, 3.05) is 0 Å². The fourth-order valence-corrected chi connectivity index (χ4v) is 2.93. The van der Waals surface area contributed by atoms with E-state index in [-0.39, 0.29) is 5.69 Å². The average molecular weight is 387 g/mol. The van der Waals surface area contributed by atoms with Gasteiger partial charge in [-0.2, -0.15) is 5.10 Å². The molecule has 0 aliphatic rings. The van der Waals surface area contributed by atoms with Gasteiger partial charge in [-0.3, -0.25) is 4.79 Å². The number of para-hydroxylation sites is 2. The van der Waals surface area contributed by atoms with Crippen LogP contribution in [0.4, 0.5) is 0 Å². The van der Waals surface area contributed by atoms with E-state index in [1.165, 1.54) is 6.21 Å². The lowest BCUT2D eigenvalue weighted by atomic mass is 10.1. The van der Waals surface area contributed by atoms with Gasteiger partial charge in [0.2, 0.25) is 0 Å². The third kappa shape index (κ3) is 3.75. The van der Waals surface area contributed by atoms with Crippen molar-refractivity contribution >= 4 is 34.8 Å². The third-order valence-electron chi connectivity index (χ3n) is 4.11. The van der Waals surface area contributed by atoms with E-state index in [1.54, 1.807) is 6.07 Å². The van der Waals surface area contributed by atoms with E-state index in [2.05, 4.69) is 20.5 Å². The van der Waals surface area contributed by atoms with Crippen molar-refractivity contribution < 1.29 is 4.79 Å². The Labute approximate surface area is 166 Å². The summed E-state index contributed by atoms with van der Waals surface area (Å²) < 4.78 is 0. The molecule has 1 amide bonds. The average Bonchev–Trinajstić information content (AvgIpc) is 2.74. The summed E-state index contributed by atoms with van der Waals surface area (Å²) in [5.74, 6) is -0.444. The molecule has 1 N–H and O–H groups in total. The van der Waals surface area contributed by atoms with E-state index >= 15 is 0 Å². The summed E-state index contributed by atoms with van der Waals surface area (Å²) in [4.78, 5) is 22.0. The van der Waals surface area contributed by atoms with Crippen molar-refractivity contribution in [3.63, 3.8) is 0 Å². The van der Waals surface area contributed by atoms with Crippen LogP contribution in [0.5, 0.6) is 0 Å². The molecule has 6 heteroatoms. The molecule has 0 aliphatic heterocycles. The van der Waals surface area contributed by atoms with E-state index in [4.69, 9.17) is 11.6 Å². The van der Waals surface area contributed by atoms with Gasteiger partial charge in [-0.25, -0.2) is 15.4 Å². The number of halogens is 1. The smallest absolute Gasteiger partial charge is 0.265 e. The minimum atomic E-state index is -0.444. The first-order chi connectivity index (χ1) is 13.7. The number of hydrogen-bond acceptors (Lipinski definition) is 4. The van der Waals surface area contributed by atoms with Gasteiger partial charge in [0.1, 0.15) is 5.69 Å². The Kier molecular flexibility index (Phi) is 5.08. The SMILES string of the molecule is O=C(N/N=C/c1ccccc1Cl)c1nc2ccccc2nc1-c1ccccc1. The minimum Gasteiger partial charge on any atom is -0.265 e. The van der Waals surface area contributed by atoms with E-state index in [0.29, 0.717) is 21.8 Å². The molecule has 1 aromatic heterocycles. The van der Waals surface area contributed by atoms with Crippen molar-refractivity contribution in [2.24, 2.45) is 5.10 Å². The van der Waals surface area contributed by atoms with E-state index < -0.39 is 5.91 Å². The Morgan fingerprint density at radius 3 is 2.25 bits per heavy atom. The molecule has 4 aromatic rings. The second-order valence-corrected chi connectivity index (χ2v) is 6.40. The third-order valence-corrected chi connectivity index (χ3v) is 4.45. The Bertz CT molecular complexity index is 1180. The van der Waals surface area contributed by atoms with Crippen molar-refractivity contribution in [1.82, 2.24) is 15.4 Å². The summed E-state index contributed by atoms with van der Waals surface area (Å²) in [5, 5.41) is 4.57. The summed E-state index contributed by atoms with van der Waals surface area (Å²) in [6.07, 6.45) is 1.50. The Balaban J connectivity index is 1.70. The predicted octanol–water partition coefficient (Wildman–Crippen LogP) is 4.71. The maximum atomic E-state index is 12.8. The molecule has 0 fully saturated rings. The molecule has 5 nitrogen and oxygen atoms in total. The second-order valence-electron chi connectivity index (χ2n) is 6.00. The first-order valence-electron chi connectivity index (χ1n) is 8.62. The Morgan fingerprint density at radius 2 is 1.50 bits per heavy atom. The van der Waals surface area contributed by atoms with Gasteiger partial charge in [0.05, 0.1) is 17.2 Å². The highest BCUT2D eigenvalue weighted by Crippen LogP contribution is 2.23. The monoisotopic (exact) mass is 386 g/mol. The second kappa shape index (κ2) is 7.98. The summed E-state index contributed by atoms with van der Waals surface area (Å²) in [5.41, 5.74) is 6.11. The van der Waals surface area contributed by atoms with Gasteiger partial charge in [-0.05, 0) is 18.2 Å². The molecule has 0 saturated heterocycles. The van der Waals surface area contributed by atoms with Crippen LogP contribution in [-0.2, 0) is 0 Å². The summed E-state index contributed by atoms with van der Waals surface area (Å²) in [6.45, 7) is 0. The van der Waals surface area contributed by atoms with Crippen LogP contribution in [0.3, 0.4) is 0 Å². The fraction of sp³-hybridized carbons (Fsp3) is 0. The molecule has 0 spiro atoms. The number of hydrogen-bond donors (Lipinski definition) is 1. The zero-order valence-corrected chi connectivity index (χ0v) is 15.5. The lowest BCUT2D eigenvalue weighted by molar-refractivity contribution is 0.0951. The maximum Gasteiger partial charge on any atom is 0.292 e. The van der Waals surface area contributed by atoms with Crippen LogP contribution in [0.25, 0.3) is 22.3 Å². The topological polar surface area (TPSA) is 67.2 Å². The number of amides is 1. The number of fused-ring (bicyclic) bond motifs is 1. The molecule has 4 rings (SSSR count). The van der Waals surface area contributed by atoms with Gasteiger partial charge in [0, 0.05) is 16.1 Å². The highest BCUT2D eigenvalue weighted by Gasteiger charge is 2.17. The lowest BCUT2D eigenvalue weighted by Crippen LogP contribution is -2.21. The minimum absolute atomic E-state index is 0.209. The Morgan fingerprint density at radius 1 is 0.857 bits per heavy atom. The zero-order chi connectivity index (χ0) is 19.3. The van der Waals surface area contributed by atoms with Crippen molar-refractivity contribution in [1.29, 1.82) is 0 Å². The molecule has 0 unspecified atom stereocenters. The van der Waals surface area contributed by atoms with Gasteiger partial charge in [-0.15, -0.1) is 0 Å². The molecule has 0 aliphatic carbocycles. The van der Waals surface area contributed by atoms with Crippen LogP contribution >= 0.6 is 11.6 Å². The quantitative estimate of drug-likeness (QED) is 0.408. The number of hydrazone groups is 1. The van der Waals surface area contributed by atoms with Gasteiger partial charge in [-0.1, -0.05) is 72.3 Å². The van der Waals surface area contributed by atoms with Gasteiger partial charge >= 0.3 is 0 Å². The number of carbonyl (C=O) groups is 1. The van der Waals surface area contributed by atoms with Crippen molar-refractivity contribution in [3.8, 4) is 11.3 Å². The highest BCUT2D eigenvalue weighted by molar-refractivity contribution is 6.33. The van der Waals surface area contributed by atoms with Crippen LogP contribution < -0.4 is 5.43 Å². The van der Waals surface area contributed by atoms with Gasteiger partial charge in [0.15, 0.2) is 5.69 Å². The van der Waals surface area contributed by atoms with Gasteiger partial charge < -0.3 is 0 Å². The Hall–Kier alpha value is -3.57. The predicted molar refractivity (Wildman–Crippen MR) is 111 cm³/mol. The van der Waals surface area contributed by atoms with Crippen LogP contribution in [0.2, 0.25) is 5.02 Å². The number of carbonyl (C=O) groups excluding carboxylic acids is 1.